The van der Waals surface area contributed by atoms with E-state index >= 15 is 0 Å². The second-order valence-electron chi connectivity index (χ2n) is 10.6. The van der Waals surface area contributed by atoms with Crippen LogP contribution in [0.4, 0.5) is 0 Å². The van der Waals surface area contributed by atoms with Gasteiger partial charge in [-0.25, -0.2) is 0 Å². The van der Waals surface area contributed by atoms with Gasteiger partial charge in [0.2, 0.25) is 0 Å². The number of hydrogen-bond acceptors (Lipinski definition) is 1. The second-order valence-corrected chi connectivity index (χ2v) is 25.7. The lowest BCUT2D eigenvalue weighted by atomic mass is 9.80. The van der Waals surface area contributed by atoms with Crippen LogP contribution < -0.4 is 0 Å². The van der Waals surface area contributed by atoms with E-state index in [1.165, 1.54) is 76.7 Å². The molecule has 1 heterocycles. The molecule has 148 valence electrons. The Bertz CT molecular complexity index is 492. The van der Waals surface area contributed by atoms with E-state index < -0.39 is 15.4 Å². The summed E-state index contributed by atoms with van der Waals surface area (Å²) in [6.45, 7) is 10.3. The molecule has 0 bridgehead atoms. The Morgan fingerprint density at radius 1 is 0.846 bits per heavy atom. The van der Waals surface area contributed by atoms with Crippen molar-refractivity contribution >= 4 is 15.4 Å². The molecule has 2 atom stereocenters. The van der Waals surface area contributed by atoms with Gasteiger partial charge in [-0.3, -0.25) is 0 Å². The first-order valence-electron chi connectivity index (χ1n) is 11.3. The van der Waals surface area contributed by atoms with Gasteiger partial charge >= 0.3 is 0 Å². The summed E-state index contributed by atoms with van der Waals surface area (Å²) in [4.78, 5) is 0. The molecule has 1 aliphatic heterocycles. The molecule has 0 N–H and O–H groups in total. The van der Waals surface area contributed by atoms with Crippen molar-refractivity contribution in [2.45, 2.75) is 108 Å². The van der Waals surface area contributed by atoms with E-state index in [1.807, 2.05) is 0 Å². The maximum absolute atomic E-state index is 7.22. The molecule has 3 heteroatoms. The zero-order valence-corrected chi connectivity index (χ0v) is 19.9. The van der Waals surface area contributed by atoms with Crippen LogP contribution in [0.15, 0.2) is 24.3 Å². The summed E-state index contributed by atoms with van der Waals surface area (Å²) in [5.41, 5.74) is 0.223. The van der Waals surface area contributed by atoms with Crippen molar-refractivity contribution in [3.05, 3.63) is 24.3 Å². The molecule has 3 aliphatic rings. The summed E-state index contributed by atoms with van der Waals surface area (Å²) in [5.74, 6) is 1.82. The molecule has 1 nitrogen and oxygen atoms in total. The molecule has 1 saturated heterocycles. The van der Waals surface area contributed by atoms with Gasteiger partial charge in [0.1, 0.15) is 0 Å². The molecule has 3 rings (SSSR count). The van der Waals surface area contributed by atoms with E-state index in [2.05, 4.69) is 50.5 Å². The van der Waals surface area contributed by atoms with Crippen LogP contribution in [0, 0.1) is 11.8 Å². The van der Waals surface area contributed by atoms with Crippen molar-refractivity contribution in [2.75, 3.05) is 0 Å². The second kappa shape index (κ2) is 8.49. The highest BCUT2D eigenvalue weighted by Crippen LogP contribution is 2.45. The first-order valence-corrected chi connectivity index (χ1v) is 18.4. The van der Waals surface area contributed by atoms with E-state index in [0.29, 0.717) is 0 Å². The molecule has 2 aliphatic carbocycles. The fourth-order valence-electron chi connectivity index (χ4n) is 5.22. The largest absolute Gasteiger partial charge is 0.415 e. The maximum atomic E-state index is 7.22. The van der Waals surface area contributed by atoms with Gasteiger partial charge in [-0.05, 0) is 95.6 Å². The van der Waals surface area contributed by atoms with Crippen molar-refractivity contribution < 1.29 is 4.43 Å². The third-order valence-corrected chi connectivity index (χ3v) is 24.6. The molecule has 0 radical (unpaired) electrons. The third kappa shape index (κ3) is 5.02. The van der Waals surface area contributed by atoms with Gasteiger partial charge in [-0.2, -0.15) is 0 Å². The number of hydrogen-bond donors (Lipinski definition) is 0. The van der Waals surface area contributed by atoms with Crippen LogP contribution in [0.1, 0.15) is 70.6 Å². The SMILES string of the molecule is C[Si]1(C)CCC(CCC2CC=CCC2)(CCC2CC=CCC2)O[Si]1(C)C. The lowest BCUT2D eigenvalue weighted by molar-refractivity contribution is 0.0219. The number of rotatable bonds is 6. The first kappa shape index (κ1) is 20.6. The Balaban J connectivity index is 1.65. The molecule has 1 fully saturated rings. The van der Waals surface area contributed by atoms with Crippen LogP contribution in [0.3, 0.4) is 0 Å². The predicted octanol–water partition coefficient (Wildman–Crippen LogP) is 7.41. The van der Waals surface area contributed by atoms with E-state index in [-0.39, 0.29) is 5.60 Å². The topological polar surface area (TPSA) is 9.23 Å². The third-order valence-electron chi connectivity index (χ3n) is 8.08. The summed E-state index contributed by atoms with van der Waals surface area (Å²) in [6, 6.07) is 1.50. The minimum Gasteiger partial charge on any atom is -0.415 e. The quantitative estimate of drug-likeness (QED) is 0.339. The average Bonchev–Trinajstić information content (AvgIpc) is 2.63. The molecule has 0 spiro atoms. The van der Waals surface area contributed by atoms with Crippen LogP contribution in [0.5, 0.6) is 0 Å². The molecule has 0 aromatic carbocycles. The smallest absolute Gasteiger partial charge is 0.174 e. The zero-order chi connectivity index (χ0) is 18.7. The monoisotopic (exact) mass is 390 g/mol. The Morgan fingerprint density at radius 3 is 1.81 bits per heavy atom. The van der Waals surface area contributed by atoms with Gasteiger partial charge in [-0.1, -0.05) is 43.4 Å². The van der Waals surface area contributed by atoms with Crippen molar-refractivity contribution in [3.63, 3.8) is 0 Å². The van der Waals surface area contributed by atoms with Gasteiger partial charge < -0.3 is 4.43 Å². The van der Waals surface area contributed by atoms with Gasteiger partial charge in [0.25, 0.3) is 0 Å². The maximum Gasteiger partial charge on any atom is 0.174 e. The molecule has 2 unspecified atom stereocenters. The summed E-state index contributed by atoms with van der Waals surface area (Å²) in [7, 11) is -2.67. The zero-order valence-electron chi connectivity index (χ0n) is 17.9. The molecule has 0 aromatic heterocycles. The lowest BCUT2D eigenvalue weighted by Crippen LogP contribution is -2.65. The highest BCUT2D eigenvalue weighted by molar-refractivity contribution is 7.38. The van der Waals surface area contributed by atoms with Gasteiger partial charge in [0.05, 0.1) is 13.2 Å². The van der Waals surface area contributed by atoms with Crippen molar-refractivity contribution in [3.8, 4) is 0 Å². The summed E-state index contributed by atoms with van der Waals surface area (Å²) in [5, 5.41) is 0. The van der Waals surface area contributed by atoms with E-state index in [1.54, 1.807) is 0 Å². The Morgan fingerprint density at radius 2 is 1.38 bits per heavy atom. The normalized spacial score (nSPS) is 36.2. The van der Waals surface area contributed by atoms with Gasteiger partial charge in [0.15, 0.2) is 7.83 Å². The van der Waals surface area contributed by atoms with E-state index in [4.69, 9.17) is 4.43 Å². The van der Waals surface area contributed by atoms with Crippen LogP contribution in [0.2, 0.25) is 32.2 Å². The average molecular weight is 391 g/mol. The summed E-state index contributed by atoms with van der Waals surface area (Å²) < 4.78 is 7.22. The van der Waals surface area contributed by atoms with E-state index in [9.17, 15) is 0 Å². The predicted molar refractivity (Wildman–Crippen MR) is 120 cm³/mol. The minimum atomic E-state index is -1.52. The molecule has 0 amide bonds. The van der Waals surface area contributed by atoms with E-state index in [0.717, 1.165) is 11.8 Å². The standard InChI is InChI=1S/C23H42OSi2/c1-25(2)20-19-23(24-26(25,3)4,17-15-21-11-7-5-8-12-21)18-16-22-13-9-6-10-14-22/h5-7,9,21-22H,8,10-20H2,1-4H3. The Labute approximate surface area is 164 Å². The van der Waals surface area contributed by atoms with Crippen LogP contribution in [-0.2, 0) is 4.43 Å². The van der Waals surface area contributed by atoms with Gasteiger partial charge in [-0.15, -0.1) is 0 Å². The van der Waals surface area contributed by atoms with Crippen molar-refractivity contribution in [2.24, 2.45) is 11.8 Å². The molecule has 0 aromatic rings. The summed E-state index contributed by atoms with van der Waals surface area (Å²) >= 11 is 0. The molecular formula is C23H42OSi2. The number of allylic oxidation sites excluding steroid dienone is 4. The molecule has 26 heavy (non-hydrogen) atoms. The summed E-state index contributed by atoms with van der Waals surface area (Å²) in [6.07, 6.45) is 24.4. The lowest BCUT2D eigenvalue weighted by Gasteiger charge is -2.53. The highest BCUT2D eigenvalue weighted by atomic mass is 29.3. The molecular weight excluding hydrogens is 348 g/mol. The Hall–Kier alpha value is -0.126. The fraction of sp³-hybridized carbons (Fsp3) is 0.826. The van der Waals surface area contributed by atoms with Crippen LogP contribution >= 0.6 is 0 Å². The van der Waals surface area contributed by atoms with Crippen LogP contribution in [0.25, 0.3) is 0 Å². The highest BCUT2D eigenvalue weighted by Gasteiger charge is 2.52. The Kier molecular flexibility index (Phi) is 6.72. The van der Waals surface area contributed by atoms with Gasteiger partial charge in [0, 0.05) is 0 Å². The molecule has 0 saturated carbocycles. The van der Waals surface area contributed by atoms with Crippen LogP contribution in [-0.4, -0.2) is 21.0 Å². The van der Waals surface area contributed by atoms with Crippen molar-refractivity contribution in [1.29, 1.82) is 0 Å². The fourth-order valence-corrected chi connectivity index (χ4v) is 12.2. The minimum absolute atomic E-state index is 0.223. The van der Waals surface area contributed by atoms with Crippen molar-refractivity contribution in [1.82, 2.24) is 0 Å². The first-order chi connectivity index (χ1) is 12.3.